The Morgan fingerprint density at radius 3 is 2.58 bits per heavy atom. The minimum absolute atomic E-state index is 0.126. The van der Waals surface area contributed by atoms with Crippen molar-refractivity contribution in [1.82, 2.24) is 4.72 Å². The first-order valence-electron chi connectivity index (χ1n) is 5.34. The van der Waals surface area contributed by atoms with Crippen LogP contribution in [0.3, 0.4) is 0 Å². The third kappa shape index (κ3) is 5.10. The number of methoxy groups -OCH3 is 1. The van der Waals surface area contributed by atoms with Gasteiger partial charge in [-0.15, -0.1) is 0 Å². The lowest BCUT2D eigenvalue weighted by atomic mass is 10.2. The highest BCUT2D eigenvalue weighted by Gasteiger charge is 2.14. The first kappa shape index (κ1) is 15.2. The molecule has 0 saturated carbocycles. The molecule has 0 fully saturated rings. The molecule has 0 unspecified atom stereocenters. The Hall–Kier alpha value is -1.87. The Morgan fingerprint density at radius 1 is 1.37 bits per heavy atom. The highest BCUT2D eigenvalue weighted by molar-refractivity contribution is 7.88. The molecule has 0 aliphatic heterocycles. The summed E-state index contributed by atoms with van der Waals surface area (Å²) in [6, 6.07) is 4.39. The van der Waals surface area contributed by atoms with Crippen molar-refractivity contribution in [2.24, 2.45) is 0 Å². The van der Waals surface area contributed by atoms with Crippen LogP contribution < -0.4 is 14.8 Å². The molecule has 8 nitrogen and oxygen atoms in total. The number of rotatable bonds is 7. The van der Waals surface area contributed by atoms with Crippen LogP contribution in [-0.2, 0) is 10.0 Å². The van der Waals surface area contributed by atoms with Crippen LogP contribution >= 0.6 is 0 Å². The summed E-state index contributed by atoms with van der Waals surface area (Å²) >= 11 is 0. The molecule has 0 heterocycles. The normalized spacial score (nSPS) is 11.1. The molecule has 0 saturated heterocycles. The monoisotopic (exact) mass is 289 g/mol. The van der Waals surface area contributed by atoms with Gasteiger partial charge in [-0.1, -0.05) is 0 Å². The van der Waals surface area contributed by atoms with Crippen molar-refractivity contribution in [3.05, 3.63) is 28.3 Å². The summed E-state index contributed by atoms with van der Waals surface area (Å²) in [4.78, 5) is 10.3. The van der Waals surface area contributed by atoms with E-state index in [1.54, 1.807) is 6.07 Å². The molecule has 0 atom stereocenters. The number of anilines is 1. The maximum atomic E-state index is 10.9. The van der Waals surface area contributed by atoms with Crippen LogP contribution in [0.15, 0.2) is 18.2 Å². The standard InChI is InChI=1S/C10H15N3O5S/c1-18-8-3-4-9(10(7-8)13(14)15)11-5-6-12-19(2,16)17/h3-4,7,11-12H,5-6H2,1-2H3. The molecular formula is C10H15N3O5S. The van der Waals surface area contributed by atoms with Gasteiger partial charge in [0.15, 0.2) is 0 Å². The maximum absolute atomic E-state index is 10.9. The van der Waals surface area contributed by atoms with Gasteiger partial charge in [0.2, 0.25) is 10.0 Å². The highest BCUT2D eigenvalue weighted by atomic mass is 32.2. The van der Waals surface area contributed by atoms with Crippen LogP contribution in [0.2, 0.25) is 0 Å². The molecule has 0 aromatic heterocycles. The van der Waals surface area contributed by atoms with Crippen molar-refractivity contribution in [2.45, 2.75) is 0 Å². The zero-order chi connectivity index (χ0) is 14.5. The Labute approximate surface area is 111 Å². The van der Waals surface area contributed by atoms with Gasteiger partial charge in [-0.3, -0.25) is 10.1 Å². The maximum Gasteiger partial charge on any atom is 0.296 e. The van der Waals surface area contributed by atoms with Gasteiger partial charge in [0.05, 0.1) is 24.4 Å². The summed E-state index contributed by atoms with van der Waals surface area (Å²) in [7, 11) is -1.84. The summed E-state index contributed by atoms with van der Waals surface area (Å²) in [6.45, 7) is 0.377. The summed E-state index contributed by atoms with van der Waals surface area (Å²) < 4.78 is 28.9. The zero-order valence-corrected chi connectivity index (χ0v) is 11.4. The van der Waals surface area contributed by atoms with Crippen molar-refractivity contribution in [3.8, 4) is 5.75 Å². The van der Waals surface area contributed by atoms with Crippen molar-refractivity contribution in [3.63, 3.8) is 0 Å². The quantitative estimate of drug-likeness (QED) is 0.431. The fourth-order valence-electron chi connectivity index (χ4n) is 1.37. The number of ether oxygens (including phenoxy) is 1. The van der Waals surface area contributed by atoms with Crippen molar-refractivity contribution >= 4 is 21.4 Å². The third-order valence-electron chi connectivity index (χ3n) is 2.21. The number of benzene rings is 1. The number of hydrogen-bond donors (Lipinski definition) is 2. The van der Waals surface area contributed by atoms with Crippen LogP contribution in [0.5, 0.6) is 5.75 Å². The lowest BCUT2D eigenvalue weighted by molar-refractivity contribution is -0.384. The van der Waals surface area contributed by atoms with E-state index in [2.05, 4.69) is 10.0 Å². The second-order valence-electron chi connectivity index (χ2n) is 3.73. The first-order chi connectivity index (χ1) is 8.83. The molecule has 2 N–H and O–H groups in total. The van der Waals surface area contributed by atoms with Crippen LogP contribution in [0.25, 0.3) is 0 Å². The SMILES string of the molecule is COc1ccc(NCCNS(C)(=O)=O)c([N+](=O)[O-])c1. The van der Waals surface area contributed by atoms with Gasteiger partial charge in [-0.25, -0.2) is 13.1 Å². The van der Waals surface area contributed by atoms with E-state index in [0.717, 1.165) is 6.26 Å². The first-order valence-corrected chi connectivity index (χ1v) is 7.23. The Kier molecular flexibility index (Phi) is 5.07. The van der Waals surface area contributed by atoms with Gasteiger partial charge in [-0.05, 0) is 12.1 Å². The molecule has 0 radical (unpaired) electrons. The lowest BCUT2D eigenvalue weighted by Gasteiger charge is -2.08. The molecule has 0 aliphatic carbocycles. The summed E-state index contributed by atoms with van der Waals surface area (Å²) in [5.74, 6) is 0.381. The molecule has 1 rings (SSSR count). The minimum atomic E-state index is -3.26. The van der Waals surface area contributed by atoms with E-state index in [9.17, 15) is 18.5 Å². The van der Waals surface area contributed by atoms with Crippen LogP contribution in [0.1, 0.15) is 0 Å². The van der Waals surface area contributed by atoms with E-state index in [0.29, 0.717) is 11.4 Å². The lowest BCUT2D eigenvalue weighted by Crippen LogP contribution is -2.27. The zero-order valence-electron chi connectivity index (χ0n) is 10.5. The van der Waals surface area contributed by atoms with Gasteiger partial charge in [0, 0.05) is 13.1 Å². The Morgan fingerprint density at radius 2 is 2.05 bits per heavy atom. The molecule has 1 aromatic carbocycles. The molecule has 9 heteroatoms. The topological polar surface area (TPSA) is 111 Å². The molecule has 1 aromatic rings. The van der Waals surface area contributed by atoms with E-state index in [4.69, 9.17) is 4.74 Å². The minimum Gasteiger partial charge on any atom is -0.496 e. The molecule has 0 amide bonds. The fourth-order valence-corrected chi connectivity index (χ4v) is 1.85. The van der Waals surface area contributed by atoms with E-state index in [-0.39, 0.29) is 18.8 Å². The van der Waals surface area contributed by atoms with E-state index < -0.39 is 14.9 Å². The predicted octanol–water partition coefficient (Wildman–Crippen LogP) is 0.565. The number of nitro groups is 1. The molecule has 0 aliphatic rings. The van der Waals surface area contributed by atoms with Crippen LogP contribution in [0.4, 0.5) is 11.4 Å². The van der Waals surface area contributed by atoms with Gasteiger partial charge in [0.25, 0.3) is 5.69 Å². The fraction of sp³-hybridized carbons (Fsp3) is 0.400. The molecule has 106 valence electrons. The average Bonchev–Trinajstić information content (AvgIpc) is 2.33. The largest absolute Gasteiger partial charge is 0.496 e. The molecule has 0 bridgehead atoms. The number of nitrogens with one attached hydrogen (secondary N) is 2. The smallest absolute Gasteiger partial charge is 0.296 e. The van der Waals surface area contributed by atoms with Crippen molar-refractivity contribution in [2.75, 3.05) is 31.8 Å². The van der Waals surface area contributed by atoms with E-state index in [1.165, 1.54) is 19.2 Å². The molecular weight excluding hydrogens is 274 g/mol. The van der Waals surface area contributed by atoms with Gasteiger partial charge in [-0.2, -0.15) is 0 Å². The number of sulfonamides is 1. The summed E-state index contributed by atoms with van der Waals surface area (Å²) in [5.41, 5.74) is 0.180. The molecule has 19 heavy (non-hydrogen) atoms. The van der Waals surface area contributed by atoms with Crippen LogP contribution in [0, 0.1) is 10.1 Å². The van der Waals surface area contributed by atoms with Gasteiger partial charge >= 0.3 is 0 Å². The Balaban J connectivity index is 2.70. The molecule has 0 spiro atoms. The number of hydrogen-bond acceptors (Lipinski definition) is 6. The second-order valence-corrected chi connectivity index (χ2v) is 5.57. The van der Waals surface area contributed by atoms with Gasteiger partial charge in [0.1, 0.15) is 11.4 Å². The summed E-state index contributed by atoms with van der Waals surface area (Å²) in [6.07, 6.45) is 1.04. The second kappa shape index (κ2) is 6.34. The van der Waals surface area contributed by atoms with E-state index in [1.807, 2.05) is 0 Å². The Bertz CT molecular complexity index is 558. The van der Waals surface area contributed by atoms with Gasteiger partial charge < -0.3 is 10.1 Å². The third-order valence-corrected chi connectivity index (χ3v) is 2.93. The number of nitrogens with zero attached hydrogens (tertiary/aromatic N) is 1. The predicted molar refractivity (Wildman–Crippen MR) is 71.0 cm³/mol. The summed E-state index contributed by atoms with van der Waals surface area (Å²) in [5, 5.41) is 13.7. The van der Waals surface area contributed by atoms with Crippen LogP contribution in [-0.4, -0.2) is 39.8 Å². The number of nitro benzene ring substituents is 1. The highest BCUT2D eigenvalue weighted by Crippen LogP contribution is 2.28. The van der Waals surface area contributed by atoms with Crippen molar-refractivity contribution < 1.29 is 18.1 Å². The van der Waals surface area contributed by atoms with Crippen molar-refractivity contribution in [1.29, 1.82) is 0 Å². The van der Waals surface area contributed by atoms with E-state index >= 15 is 0 Å². The average molecular weight is 289 g/mol.